The summed E-state index contributed by atoms with van der Waals surface area (Å²) in [7, 11) is 0. The summed E-state index contributed by atoms with van der Waals surface area (Å²) in [4.78, 5) is 9.65. The van der Waals surface area contributed by atoms with Gasteiger partial charge in [-0.25, -0.2) is 4.98 Å². The van der Waals surface area contributed by atoms with Crippen molar-refractivity contribution in [1.29, 1.82) is 0 Å². The van der Waals surface area contributed by atoms with E-state index >= 15 is 0 Å². The van der Waals surface area contributed by atoms with Crippen LogP contribution in [0, 0.1) is 6.07 Å². The van der Waals surface area contributed by atoms with Gasteiger partial charge in [0.25, 0.3) is 0 Å². The van der Waals surface area contributed by atoms with E-state index in [1.54, 1.807) is 6.07 Å². The zero-order valence-corrected chi connectivity index (χ0v) is 28.4. The van der Waals surface area contributed by atoms with Crippen molar-refractivity contribution in [3.63, 3.8) is 0 Å². The summed E-state index contributed by atoms with van der Waals surface area (Å²) in [6, 6.07) is 39.5. The van der Waals surface area contributed by atoms with Crippen LogP contribution in [0.25, 0.3) is 50.0 Å². The molecule has 1 N–H and O–H groups in total. The Kier molecular flexibility index (Phi) is 8.79. The van der Waals surface area contributed by atoms with Crippen molar-refractivity contribution in [2.75, 3.05) is 0 Å². The molecule has 0 atom stereocenters. The predicted molar refractivity (Wildman–Crippen MR) is 182 cm³/mol. The van der Waals surface area contributed by atoms with Gasteiger partial charge in [-0.2, -0.15) is 0 Å². The minimum atomic E-state index is 0. The molecule has 0 saturated carbocycles. The topological polar surface area (TPSA) is 60.2 Å². The summed E-state index contributed by atoms with van der Waals surface area (Å²) in [6.45, 7) is 8.93. The van der Waals surface area contributed by atoms with Crippen molar-refractivity contribution in [1.82, 2.24) is 14.5 Å². The van der Waals surface area contributed by atoms with Gasteiger partial charge in [-0.3, -0.25) is 9.55 Å². The second kappa shape index (κ2) is 12.9. The number of pyridine rings is 2. The van der Waals surface area contributed by atoms with E-state index in [9.17, 15) is 5.11 Å². The molecule has 46 heavy (non-hydrogen) atoms. The third-order valence-electron chi connectivity index (χ3n) is 8.30. The Hall–Kier alpha value is -4.73. The average Bonchev–Trinajstić information content (AvgIpc) is 3.38. The number of phenolic OH excluding ortho intramolecular Hbond substituents is 1. The molecule has 0 saturated heterocycles. The van der Waals surface area contributed by atoms with E-state index in [0.717, 1.165) is 38.8 Å². The van der Waals surface area contributed by atoms with Crippen LogP contribution < -0.4 is 4.74 Å². The van der Waals surface area contributed by atoms with E-state index in [0.29, 0.717) is 29.2 Å². The first-order chi connectivity index (χ1) is 21.9. The SMILES string of the molecule is CC(C)c1cccc(C(C)C)c1-c1ccnc(Oc2[c-]c(-c3ccc4c5ccccc5n(-c5ccccc5O)c4n3)ccc2)c1.[Pt]. The largest absolute Gasteiger partial charge is 0.506 e. The molecule has 0 spiro atoms. The number of aromatic nitrogens is 3. The number of benzene rings is 4. The van der Waals surface area contributed by atoms with E-state index in [1.165, 1.54) is 16.7 Å². The van der Waals surface area contributed by atoms with Gasteiger partial charge in [-0.1, -0.05) is 94.4 Å². The minimum absolute atomic E-state index is 0. The monoisotopic (exact) mass is 783 g/mol. The molecule has 0 fully saturated rings. The van der Waals surface area contributed by atoms with Crippen molar-refractivity contribution in [3.05, 3.63) is 133 Å². The third-order valence-corrected chi connectivity index (χ3v) is 8.30. The Morgan fingerprint density at radius 2 is 1.46 bits per heavy atom. The molecule has 0 radical (unpaired) electrons. The molecule has 232 valence electrons. The first-order valence-electron chi connectivity index (χ1n) is 15.4. The van der Waals surface area contributed by atoms with Crippen molar-refractivity contribution < 1.29 is 30.9 Å². The van der Waals surface area contributed by atoms with E-state index < -0.39 is 0 Å². The van der Waals surface area contributed by atoms with Crippen molar-refractivity contribution in [2.45, 2.75) is 39.5 Å². The number of phenols is 1. The predicted octanol–water partition coefficient (Wildman–Crippen LogP) is 10.5. The number of hydrogen-bond acceptors (Lipinski definition) is 4. The fraction of sp³-hybridized carbons (Fsp3) is 0.150. The minimum Gasteiger partial charge on any atom is -0.506 e. The first-order valence-corrected chi connectivity index (χ1v) is 15.4. The summed E-state index contributed by atoms with van der Waals surface area (Å²) in [6.07, 6.45) is 1.81. The molecule has 3 heterocycles. The molecule has 4 aromatic carbocycles. The summed E-state index contributed by atoms with van der Waals surface area (Å²) in [5.41, 5.74) is 8.94. The van der Waals surface area contributed by atoms with Crippen LogP contribution >= 0.6 is 0 Å². The summed E-state index contributed by atoms with van der Waals surface area (Å²) < 4.78 is 8.33. The van der Waals surface area contributed by atoms with Gasteiger partial charge in [0.1, 0.15) is 11.4 Å². The van der Waals surface area contributed by atoms with Crippen LogP contribution in [-0.2, 0) is 21.1 Å². The Morgan fingerprint density at radius 1 is 0.739 bits per heavy atom. The molecule has 6 heteroatoms. The van der Waals surface area contributed by atoms with Crippen LogP contribution in [0.5, 0.6) is 17.4 Å². The molecule has 5 nitrogen and oxygen atoms in total. The van der Waals surface area contributed by atoms with Gasteiger partial charge in [0.05, 0.1) is 11.2 Å². The van der Waals surface area contributed by atoms with Crippen LogP contribution in [0.15, 0.2) is 115 Å². The van der Waals surface area contributed by atoms with Gasteiger partial charge < -0.3 is 9.84 Å². The third kappa shape index (κ3) is 5.72. The molecule has 0 aliphatic heterocycles. The number of hydrogen-bond donors (Lipinski definition) is 1. The second-order valence-corrected chi connectivity index (χ2v) is 11.9. The Balaban J connectivity index is 0.00000372. The van der Waals surface area contributed by atoms with Gasteiger partial charge >= 0.3 is 0 Å². The van der Waals surface area contributed by atoms with E-state index in [4.69, 9.17) is 9.72 Å². The summed E-state index contributed by atoms with van der Waals surface area (Å²) in [5, 5.41) is 12.8. The molecular weight excluding hydrogens is 750 g/mol. The van der Waals surface area contributed by atoms with Crippen molar-refractivity contribution in [3.8, 4) is 45.5 Å². The molecule has 0 amide bonds. The zero-order valence-electron chi connectivity index (χ0n) is 26.1. The number of ether oxygens (including phenoxy) is 1. The van der Waals surface area contributed by atoms with E-state index in [-0.39, 0.29) is 26.8 Å². The quantitative estimate of drug-likeness (QED) is 0.164. The maximum atomic E-state index is 10.8. The number of fused-ring (bicyclic) bond motifs is 3. The van der Waals surface area contributed by atoms with Crippen LogP contribution in [0.2, 0.25) is 0 Å². The Morgan fingerprint density at radius 3 is 2.22 bits per heavy atom. The fourth-order valence-corrected chi connectivity index (χ4v) is 6.16. The maximum absolute atomic E-state index is 10.8. The Bertz CT molecular complexity index is 2160. The Labute approximate surface area is 283 Å². The van der Waals surface area contributed by atoms with Gasteiger partial charge in [0, 0.05) is 49.9 Å². The average molecular weight is 784 g/mol. The van der Waals surface area contributed by atoms with Crippen LogP contribution in [-0.4, -0.2) is 19.6 Å². The summed E-state index contributed by atoms with van der Waals surface area (Å²) >= 11 is 0. The van der Waals surface area contributed by atoms with Gasteiger partial charge in [0.15, 0.2) is 0 Å². The number of aromatic hydroxyl groups is 1. The molecule has 7 rings (SSSR count). The van der Waals surface area contributed by atoms with Crippen molar-refractivity contribution >= 4 is 21.9 Å². The smallest absolute Gasteiger partial charge is 0.217 e. The summed E-state index contributed by atoms with van der Waals surface area (Å²) in [5.74, 6) is 2.03. The molecule has 7 aromatic rings. The number of nitrogens with zero attached hydrogens (tertiary/aromatic N) is 3. The molecule has 0 bridgehead atoms. The van der Waals surface area contributed by atoms with Crippen LogP contribution in [0.4, 0.5) is 0 Å². The van der Waals surface area contributed by atoms with Gasteiger partial charge in [-0.15, -0.1) is 23.8 Å². The number of rotatable bonds is 7. The van der Waals surface area contributed by atoms with Gasteiger partial charge in [0.2, 0.25) is 5.88 Å². The first kappa shape index (κ1) is 31.3. The van der Waals surface area contributed by atoms with Crippen LogP contribution in [0.3, 0.4) is 0 Å². The second-order valence-electron chi connectivity index (χ2n) is 11.9. The van der Waals surface area contributed by atoms with E-state index in [2.05, 4.69) is 81.2 Å². The molecule has 3 aromatic heterocycles. The zero-order chi connectivity index (χ0) is 31.1. The number of para-hydroxylation sites is 3. The standard InChI is InChI=1S/C40H34N3O2.Pt/c1-25(2)30-14-10-15-31(26(3)4)39(30)28-21-22-41-38(24-28)45-29-12-9-11-27(23-29)34-20-19-33-32-13-5-6-16-35(32)43(40(33)42-34)36-17-7-8-18-37(36)44;/h5-22,24-26,44H,1-4H3;/q-1;. The fourth-order valence-electron chi connectivity index (χ4n) is 6.16. The molecular formula is C40H34N3O2Pt-. The maximum Gasteiger partial charge on any atom is 0.217 e. The molecule has 0 unspecified atom stereocenters. The van der Waals surface area contributed by atoms with Gasteiger partial charge in [-0.05, 0) is 64.0 Å². The molecule has 0 aliphatic rings. The van der Waals surface area contributed by atoms with E-state index in [1.807, 2.05) is 71.4 Å². The normalized spacial score (nSPS) is 11.3. The van der Waals surface area contributed by atoms with Crippen LogP contribution in [0.1, 0.15) is 50.7 Å². The van der Waals surface area contributed by atoms with Crippen molar-refractivity contribution in [2.24, 2.45) is 0 Å². The molecule has 0 aliphatic carbocycles.